The Kier molecular flexibility index (Phi) is 7.07. The van der Waals surface area contributed by atoms with E-state index < -0.39 is 5.91 Å². The van der Waals surface area contributed by atoms with Crippen molar-refractivity contribution in [2.75, 3.05) is 12.4 Å². The number of anilines is 1. The van der Waals surface area contributed by atoms with Crippen molar-refractivity contribution in [3.63, 3.8) is 0 Å². The summed E-state index contributed by atoms with van der Waals surface area (Å²) in [6, 6.07) is 18.9. The van der Waals surface area contributed by atoms with Crippen molar-refractivity contribution in [3.05, 3.63) is 99.3 Å². The molecular formula is C25H20ClFN2O2. The molecule has 0 unspecified atom stereocenters. The van der Waals surface area contributed by atoms with Crippen molar-refractivity contribution < 1.29 is 13.9 Å². The average molecular weight is 435 g/mol. The number of rotatable bonds is 6. The molecule has 0 aliphatic carbocycles. The number of methoxy groups -OCH3 is 1. The fourth-order valence-corrected chi connectivity index (χ4v) is 3.25. The molecule has 1 amide bonds. The van der Waals surface area contributed by atoms with Gasteiger partial charge in [-0.3, -0.25) is 4.79 Å². The normalized spacial score (nSPS) is 11.0. The van der Waals surface area contributed by atoms with Crippen molar-refractivity contribution >= 4 is 29.3 Å². The second-order valence-corrected chi connectivity index (χ2v) is 7.36. The summed E-state index contributed by atoms with van der Waals surface area (Å²) in [5.41, 5.74) is 3.26. The van der Waals surface area contributed by atoms with Crippen LogP contribution in [0.4, 0.5) is 10.1 Å². The molecule has 0 atom stereocenters. The number of carbonyl (C=O) groups excluding carboxylic acids is 1. The van der Waals surface area contributed by atoms with E-state index in [0.717, 1.165) is 11.1 Å². The molecule has 31 heavy (non-hydrogen) atoms. The molecule has 0 saturated carbocycles. The monoisotopic (exact) mass is 434 g/mol. The largest absolute Gasteiger partial charge is 0.496 e. The number of aryl methyl sites for hydroxylation is 1. The van der Waals surface area contributed by atoms with Gasteiger partial charge in [0.05, 0.1) is 7.11 Å². The Morgan fingerprint density at radius 3 is 2.65 bits per heavy atom. The van der Waals surface area contributed by atoms with Crippen molar-refractivity contribution in [2.45, 2.75) is 13.3 Å². The molecular weight excluding hydrogens is 415 g/mol. The van der Waals surface area contributed by atoms with Crippen molar-refractivity contribution in [2.24, 2.45) is 0 Å². The second-order valence-electron chi connectivity index (χ2n) is 6.92. The smallest absolute Gasteiger partial charge is 0.266 e. The average Bonchev–Trinajstić information content (AvgIpc) is 2.76. The van der Waals surface area contributed by atoms with E-state index in [1.165, 1.54) is 19.3 Å². The van der Waals surface area contributed by atoms with Crippen molar-refractivity contribution in [3.8, 4) is 11.8 Å². The van der Waals surface area contributed by atoms with Gasteiger partial charge in [0.1, 0.15) is 23.2 Å². The van der Waals surface area contributed by atoms with Crippen LogP contribution in [0.5, 0.6) is 5.75 Å². The maximum Gasteiger partial charge on any atom is 0.266 e. The molecule has 0 radical (unpaired) electrons. The number of halogens is 2. The summed E-state index contributed by atoms with van der Waals surface area (Å²) >= 11 is 5.99. The minimum Gasteiger partial charge on any atom is -0.496 e. The van der Waals surface area contributed by atoms with E-state index in [1.54, 1.807) is 54.6 Å². The number of nitriles is 1. The van der Waals surface area contributed by atoms with E-state index in [9.17, 15) is 14.4 Å². The lowest BCUT2D eigenvalue weighted by atomic mass is 10.0. The van der Waals surface area contributed by atoms with Gasteiger partial charge in [-0.15, -0.1) is 0 Å². The second kappa shape index (κ2) is 9.92. The SMILES string of the molecule is COc1cc(/C=C(\C#N)C(=O)Nc2cc(Cl)ccc2C)ccc1Cc1ccccc1F. The highest BCUT2D eigenvalue weighted by atomic mass is 35.5. The number of hydrogen-bond donors (Lipinski definition) is 1. The third-order valence-electron chi connectivity index (χ3n) is 4.77. The quantitative estimate of drug-likeness (QED) is 0.386. The van der Waals surface area contributed by atoms with Crippen LogP contribution in [0.15, 0.2) is 66.2 Å². The van der Waals surface area contributed by atoms with Gasteiger partial charge in [0.25, 0.3) is 5.91 Å². The molecule has 0 aliphatic heterocycles. The van der Waals surface area contributed by atoms with Gasteiger partial charge in [-0.1, -0.05) is 48.0 Å². The number of amides is 1. The van der Waals surface area contributed by atoms with E-state index in [2.05, 4.69) is 5.32 Å². The Morgan fingerprint density at radius 2 is 1.94 bits per heavy atom. The highest BCUT2D eigenvalue weighted by molar-refractivity contribution is 6.31. The topological polar surface area (TPSA) is 62.1 Å². The fourth-order valence-electron chi connectivity index (χ4n) is 3.08. The minimum atomic E-state index is -0.540. The van der Waals surface area contributed by atoms with Gasteiger partial charge in [0.2, 0.25) is 0 Å². The van der Waals surface area contributed by atoms with Crippen molar-refractivity contribution in [1.82, 2.24) is 0 Å². The Bertz CT molecular complexity index is 1200. The molecule has 0 spiro atoms. The first-order valence-corrected chi connectivity index (χ1v) is 9.88. The first kappa shape index (κ1) is 22.1. The van der Waals surface area contributed by atoms with Gasteiger partial charge in [-0.2, -0.15) is 5.26 Å². The molecule has 156 valence electrons. The van der Waals surface area contributed by atoms with Crippen molar-refractivity contribution in [1.29, 1.82) is 5.26 Å². The van der Waals surface area contributed by atoms with Gasteiger partial charge < -0.3 is 10.1 Å². The lowest BCUT2D eigenvalue weighted by Gasteiger charge is -2.11. The molecule has 4 nitrogen and oxygen atoms in total. The predicted molar refractivity (Wildman–Crippen MR) is 121 cm³/mol. The zero-order chi connectivity index (χ0) is 22.4. The van der Waals surface area contributed by atoms with Gasteiger partial charge in [-0.25, -0.2) is 4.39 Å². The number of ether oxygens (including phenoxy) is 1. The molecule has 0 bridgehead atoms. The van der Waals surface area contributed by atoms with Gasteiger partial charge in [-0.05, 0) is 59.5 Å². The summed E-state index contributed by atoms with van der Waals surface area (Å²) in [6.07, 6.45) is 1.84. The summed E-state index contributed by atoms with van der Waals surface area (Å²) in [5, 5.41) is 12.7. The lowest BCUT2D eigenvalue weighted by molar-refractivity contribution is -0.112. The van der Waals surface area contributed by atoms with Crippen LogP contribution in [0, 0.1) is 24.1 Å². The Labute approximate surface area is 185 Å². The van der Waals surface area contributed by atoms with Crippen LogP contribution in [0.2, 0.25) is 5.02 Å². The minimum absolute atomic E-state index is 0.0664. The molecule has 1 N–H and O–H groups in total. The third-order valence-corrected chi connectivity index (χ3v) is 5.01. The predicted octanol–water partition coefficient (Wildman–Crippen LogP) is 5.93. The molecule has 0 heterocycles. The third kappa shape index (κ3) is 5.50. The molecule has 0 aliphatic rings. The summed E-state index contributed by atoms with van der Waals surface area (Å²) in [7, 11) is 1.52. The highest BCUT2D eigenvalue weighted by Gasteiger charge is 2.13. The molecule has 6 heteroatoms. The zero-order valence-corrected chi connectivity index (χ0v) is 17.8. The van der Waals surface area contributed by atoms with E-state index in [0.29, 0.717) is 34.0 Å². The molecule has 3 rings (SSSR count). The van der Waals surface area contributed by atoms with Crippen LogP contribution in [-0.4, -0.2) is 13.0 Å². The highest BCUT2D eigenvalue weighted by Crippen LogP contribution is 2.26. The summed E-state index contributed by atoms with van der Waals surface area (Å²) in [4.78, 5) is 12.6. The maximum absolute atomic E-state index is 14.0. The lowest BCUT2D eigenvalue weighted by Crippen LogP contribution is -2.14. The van der Waals surface area contributed by atoms with E-state index in [-0.39, 0.29) is 11.4 Å². The molecule has 0 aromatic heterocycles. The Morgan fingerprint density at radius 1 is 1.16 bits per heavy atom. The van der Waals surface area contributed by atoms with Crippen LogP contribution >= 0.6 is 11.6 Å². The van der Waals surface area contributed by atoms with Crippen LogP contribution < -0.4 is 10.1 Å². The number of benzene rings is 3. The van der Waals surface area contributed by atoms with E-state index in [4.69, 9.17) is 16.3 Å². The van der Waals surface area contributed by atoms with Gasteiger partial charge in [0, 0.05) is 17.1 Å². The first-order valence-electron chi connectivity index (χ1n) is 9.51. The molecule has 3 aromatic carbocycles. The summed E-state index contributed by atoms with van der Waals surface area (Å²) < 4.78 is 19.4. The van der Waals surface area contributed by atoms with Crippen LogP contribution in [0.25, 0.3) is 6.08 Å². The summed E-state index contributed by atoms with van der Waals surface area (Å²) in [6.45, 7) is 1.83. The number of nitrogens with zero attached hydrogens (tertiary/aromatic N) is 1. The van der Waals surface area contributed by atoms with E-state index in [1.807, 2.05) is 13.0 Å². The fraction of sp³-hybridized carbons (Fsp3) is 0.120. The molecule has 0 fully saturated rings. The van der Waals surface area contributed by atoms with Crippen LogP contribution in [0.1, 0.15) is 22.3 Å². The number of carbonyl (C=O) groups is 1. The first-order chi connectivity index (χ1) is 14.9. The van der Waals surface area contributed by atoms with Crippen LogP contribution in [-0.2, 0) is 11.2 Å². The van der Waals surface area contributed by atoms with Gasteiger partial charge in [0.15, 0.2) is 0 Å². The zero-order valence-electron chi connectivity index (χ0n) is 17.1. The number of nitrogens with one attached hydrogen (secondary N) is 1. The number of hydrogen-bond acceptors (Lipinski definition) is 3. The van der Waals surface area contributed by atoms with Crippen LogP contribution in [0.3, 0.4) is 0 Å². The molecule has 0 saturated heterocycles. The van der Waals surface area contributed by atoms with E-state index >= 15 is 0 Å². The maximum atomic E-state index is 14.0. The Balaban J connectivity index is 1.85. The molecule has 3 aromatic rings. The van der Waals surface area contributed by atoms with Gasteiger partial charge >= 0.3 is 0 Å². The summed E-state index contributed by atoms with van der Waals surface area (Å²) in [5.74, 6) is -0.282. The Hall–Kier alpha value is -3.62. The standard InChI is InChI=1S/C25H20ClFN2O2/c1-16-7-10-21(26)14-23(16)29-25(30)20(15-28)11-17-8-9-19(24(12-17)31-2)13-18-5-3-4-6-22(18)27/h3-12,14H,13H2,1-2H3,(H,29,30)/b20-11+.